The summed E-state index contributed by atoms with van der Waals surface area (Å²) in [5.74, 6) is 20.3. The van der Waals surface area contributed by atoms with Crippen LogP contribution in [-0.2, 0) is 0 Å². The van der Waals surface area contributed by atoms with Crippen LogP contribution in [0, 0.1) is 124 Å². The van der Waals surface area contributed by atoms with Crippen molar-refractivity contribution in [2.45, 2.75) is 207 Å². The van der Waals surface area contributed by atoms with Gasteiger partial charge in [0.1, 0.15) is 0 Å². The molecule has 0 unspecified atom stereocenters. The van der Waals surface area contributed by atoms with Gasteiger partial charge in [0.2, 0.25) is 0 Å². The topological polar surface area (TPSA) is 0 Å². The third-order valence-corrected chi connectivity index (χ3v) is 17.8. The lowest BCUT2D eigenvalue weighted by Gasteiger charge is -2.60. The van der Waals surface area contributed by atoms with Crippen LogP contribution in [0.2, 0.25) is 0 Å². The zero-order chi connectivity index (χ0) is 38.7. The Morgan fingerprint density at radius 2 is 0.462 bits per heavy atom. The molecule has 0 heteroatoms. The molecule has 0 aromatic carbocycles. The van der Waals surface area contributed by atoms with Crippen molar-refractivity contribution in [3.63, 3.8) is 0 Å². The van der Waals surface area contributed by atoms with Crippen LogP contribution in [0.3, 0.4) is 0 Å². The van der Waals surface area contributed by atoms with E-state index in [2.05, 4.69) is 111 Å². The van der Waals surface area contributed by atoms with Gasteiger partial charge in [-0.05, 0) is 220 Å². The minimum Gasteiger partial charge on any atom is -0.0625 e. The molecule has 0 aliphatic heterocycles. The van der Waals surface area contributed by atoms with Crippen LogP contribution < -0.4 is 0 Å². The van der Waals surface area contributed by atoms with Gasteiger partial charge in [0.15, 0.2) is 0 Å². The van der Waals surface area contributed by atoms with Gasteiger partial charge in [0.25, 0.3) is 0 Å². The highest BCUT2D eigenvalue weighted by Crippen LogP contribution is 2.64. The predicted octanol–water partition coefficient (Wildman–Crippen LogP) is 16.5. The summed E-state index contributed by atoms with van der Waals surface area (Å²) in [5.41, 5.74) is 0.851. The molecule has 7 rings (SSSR count). The lowest BCUT2D eigenvalue weighted by Crippen LogP contribution is -2.50. The molecule has 0 aromatic heterocycles. The first-order valence-corrected chi connectivity index (χ1v) is 24.3. The first kappa shape index (κ1) is 44.7. The van der Waals surface area contributed by atoms with E-state index < -0.39 is 0 Å². The zero-order valence-electron chi connectivity index (χ0n) is 38.7. The highest BCUT2D eigenvalue weighted by molar-refractivity contribution is 5.04. The van der Waals surface area contributed by atoms with Crippen molar-refractivity contribution in [2.24, 2.45) is 124 Å². The predicted molar refractivity (Wildman–Crippen MR) is 232 cm³/mol. The van der Waals surface area contributed by atoms with Crippen LogP contribution in [-0.4, -0.2) is 0 Å². The van der Waals surface area contributed by atoms with E-state index in [1.165, 1.54) is 38.5 Å². The van der Waals surface area contributed by atoms with Crippen LogP contribution in [0.15, 0.2) is 0 Å². The van der Waals surface area contributed by atoms with Crippen molar-refractivity contribution in [1.29, 1.82) is 0 Å². The van der Waals surface area contributed by atoms with Crippen molar-refractivity contribution >= 4 is 0 Å². The van der Waals surface area contributed by atoms with Gasteiger partial charge < -0.3 is 0 Å². The molecule has 7 saturated carbocycles. The Morgan fingerprint density at radius 1 is 0.250 bits per heavy atom. The smallest absolute Gasteiger partial charge is 0.0287 e. The Hall–Kier alpha value is 0. The molecule has 0 amide bonds. The summed E-state index contributed by atoms with van der Waals surface area (Å²) in [6.07, 6.45) is 23.1. The molecule has 0 aromatic rings. The van der Waals surface area contributed by atoms with Crippen LogP contribution in [0.4, 0.5) is 0 Å². The zero-order valence-corrected chi connectivity index (χ0v) is 38.7. The maximum absolute atomic E-state index is 2.42. The summed E-state index contributed by atoms with van der Waals surface area (Å²) in [5, 5.41) is 0. The maximum atomic E-state index is 2.42. The molecular formula is C52H98. The minimum absolute atomic E-state index is 0.851. The fraction of sp³-hybridized carbons (Fsp3) is 1.00. The first-order chi connectivity index (χ1) is 24.3. The van der Waals surface area contributed by atoms with E-state index >= 15 is 0 Å². The second-order valence-electron chi connectivity index (χ2n) is 24.2. The fourth-order valence-corrected chi connectivity index (χ4v) is 12.5. The van der Waals surface area contributed by atoms with Gasteiger partial charge in [0.05, 0.1) is 0 Å². The van der Waals surface area contributed by atoms with Gasteiger partial charge in [-0.3, -0.25) is 0 Å². The molecule has 7 fully saturated rings. The van der Waals surface area contributed by atoms with Crippen LogP contribution in [0.5, 0.6) is 0 Å². The lowest BCUT2D eigenvalue weighted by molar-refractivity contribution is -0.0955. The molecule has 0 atom stereocenters. The van der Waals surface area contributed by atoms with E-state index in [1.807, 2.05) is 0 Å². The van der Waals surface area contributed by atoms with E-state index in [9.17, 15) is 0 Å². The lowest BCUT2D eigenvalue weighted by atomic mass is 9.45. The van der Waals surface area contributed by atoms with Crippen molar-refractivity contribution in [3.05, 3.63) is 0 Å². The summed E-state index contributed by atoms with van der Waals surface area (Å²) in [7, 11) is 0. The van der Waals surface area contributed by atoms with Crippen LogP contribution >= 0.6 is 0 Å². The molecule has 0 nitrogen and oxygen atoms in total. The summed E-state index contributed by atoms with van der Waals surface area (Å²) >= 11 is 0. The van der Waals surface area contributed by atoms with Gasteiger partial charge >= 0.3 is 0 Å². The molecule has 7 aliphatic rings. The molecule has 0 saturated heterocycles. The summed E-state index contributed by atoms with van der Waals surface area (Å²) < 4.78 is 0. The molecule has 2 bridgehead atoms. The molecule has 0 radical (unpaired) electrons. The molecular weight excluding hydrogens is 625 g/mol. The van der Waals surface area contributed by atoms with E-state index in [0.29, 0.717) is 0 Å². The second-order valence-corrected chi connectivity index (χ2v) is 24.2. The first-order valence-electron chi connectivity index (χ1n) is 24.3. The van der Waals surface area contributed by atoms with E-state index in [-0.39, 0.29) is 0 Å². The van der Waals surface area contributed by atoms with Gasteiger partial charge in [-0.1, -0.05) is 111 Å². The quantitative estimate of drug-likeness (QED) is 0.222. The average molecular weight is 723 g/mol. The van der Waals surface area contributed by atoms with Crippen molar-refractivity contribution in [2.75, 3.05) is 0 Å². The van der Waals surface area contributed by atoms with Crippen LogP contribution in [0.25, 0.3) is 0 Å². The third kappa shape index (κ3) is 12.0. The number of hydrogen-bond acceptors (Lipinski definition) is 0. The van der Waals surface area contributed by atoms with E-state index in [4.69, 9.17) is 0 Å². The summed E-state index contributed by atoms with van der Waals surface area (Å²) in [6.45, 7) is 38.2. The van der Waals surface area contributed by atoms with Crippen molar-refractivity contribution in [1.82, 2.24) is 0 Å². The largest absolute Gasteiger partial charge is 0.0625 e. The van der Waals surface area contributed by atoms with Gasteiger partial charge in [-0.25, -0.2) is 0 Å². The third-order valence-electron chi connectivity index (χ3n) is 17.8. The Morgan fingerprint density at radius 3 is 0.692 bits per heavy atom. The maximum Gasteiger partial charge on any atom is -0.0287 e. The number of hydrogen-bond donors (Lipinski definition) is 0. The molecule has 0 heterocycles. The molecule has 52 heavy (non-hydrogen) atoms. The fourth-order valence-electron chi connectivity index (χ4n) is 12.5. The highest BCUT2D eigenvalue weighted by Gasteiger charge is 2.53. The van der Waals surface area contributed by atoms with Gasteiger partial charge in [-0.2, -0.15) is 0 Å². The monoisotopic (exact) mass is 723 g/mol. The SMILES string of the molecule is CC(C)C1CC(C(C)C)C1.CC(C)C1CC(C2CC(C(C)C)C2)C1.CC(C)C1CC2(C1)CC(C(C)C)C2.CC(C)C1CC2CC(C1)CC(C(C)C)C2. The second kappa shape index (κ2) is 19.4. The number of rotatable bonds is 9. The molecule has 306 valence electrons. The Balaban J connectivity index is 0.000000157. The Bertz CT molecular complexity index is 886. The molecule has 7 aliphatic carbocycles. The minimum atomic E-state index is 0.851. The number of fused-ring (bicyclic) bond motifs is 2. The Labute approximate surface area is 329 Å². The van der Waals surface area contributed by atoms with E-state index in [1.54, 1.807) is 57.8 Å². The van der Waals surface area contributed by atoms with Gasteiger partial charge in [-0.15, -0.1) is 0 Å². The van der Waals surface area contributed by atoms with Gasteiger partial charge in [0, 0.05) is 0 Å². The molecule has 1 spiro atoms. The standard InChI is InChI=1S/C15H28.C14H26.C13H24.C10H20/c1-10(2)14-6-12-5-13(7-14)9-15(8-12)11(3)4;1-9(2)11-5-13(6-11)14-7-12(8-14)10(3)4;1-9(2)11-5-13(6-11)7-12(8-13)10(3)4;1-7(2)9-5-10(6-9)8(3)4/h10-15H,5-9H2,1-4H3;9-14H,5-8H2,1-4H3;9-12H,5-8H2,1-4H3;7-10H,5-6H2,1-4H3. The highest BCUT2D eigenvalue weighted by atomic mass is 14.6. The average Bonchev–Trinajstić information content (AvgIpc) is 2.90. The van der Waals surface area contributed by atoms with E-state index in [0.717, 1.165) is 124 Å². The molecule has 0 N–H and O–H groups in total. The van der Waals surface area contributed by atoms with Crippen LogP contribution in [0.1, 0.15) is 207 Å². The van der Waals surface area contributed by atoms with Crippen molar-refractivity contribution in [3.8, 4) is 0 Å². The Kier molecular flexibility index (Phi) is 16.7. The van der Waals surface area contributed by atoms with Crippen molar-refractivity contribution < 1.29 is 0 Å². The normalized spacial score (nSPS) is 40.6. The summed E-state index contributed by atoms with van der Waals surface area (Å²) in [6, 6.07) is 0. The summed E-state index contributed by atoms with van der Waals surface area (Å²) in [4.78, 5) is 0.